The number of hydrogen-bond acceptors (Lipinski definition) is 4. The fourth-order valence-electron chi connectivity index (χ4n) is 1.81. The average molecular weight is 311 g/mol. The van der Waals surface area contributed by atoms with E-state index in [-0.39, 0.29) is 11.5 Å². The van der Waals surface area contributed by atoms with Crippen LogP contribution in [0.2, 0.25) is 0 Å². The lowest BCUT2D eigenvalue weighted by atomic mass is 10.2. The van der Waals surface area contributed by atoms with Gasteiger partial charge in [-0.15, -0.1) is 11.3 Å². The summed E-state index contributed by atoms with van der Waals surface area (Å²) in [7, 11) is -1.89. The molecular formula is C14H17NO3S2. The van der Waals surface area contributed by atoms with Crippen LogP contribution in [-0.4, -0.2) is 31.4 Å². The SMILES string of the molecule is CN(CCc1ccccc1)S(=O)(=O)c1csc(CO)c1. The summed E-state index contributed by atoms with van der Waals surface area (Å²) >= 11 is 1.25. The molecule has 0 spiro atoms. The topological polar surface area (TPSA) is 57.6 Å². The van der Waals surface area contributed by atoms with Crippen LogP contribution in [0, 0.1) is 0 Å². The maximum Gasteiger partial charge on any atom is 0.243 e. The predicted octanol–water partition coefficient (Wildman–Crippen LogP) is 2.10. The highest BCUT2D eigenvalue weighted by atomic mass is 32.2. The van der Waals surface area contributed by atoms with E-state index in [1.807, 2.05) is 30.3 Å². The molecule has 1 heterocycles. The second-order valence-electron chi connectivity index (χ2n) is 4.47. The molecule has 0 saturated carbocycles. The molecule has 4 nitrogen and oxygen atoms in total. The molecule has 1 N–H and O–H groups in total. The summed E-state index contributed by atoms with van der Waals surface area (Å²) in [6.07, 6.45) is 0.674. The van der Waals surface area contributed by atoms with Gasteiger partial charge in [0.25, 0.3) is 0 Å². The minimum atomic E-state index is -3.47. The Morgan fingerprint density at radius 2 is 1.95 bits per heavy atom. The minimum Gasteiger partial charge on any atom is -0.391 e. The van der Waals surface area contributed by atoms with E-state index in [9.17, 15) is 8.42 Å². The number of nitrogens with zero attached hydrogens (tertiary/aromatic N) is 1. The van der Waals surface area contributed by atoms with Crippen molar-refractivity contribution in [3.63, 3.8) is 0 Å². The van der Waals surface area contributed by atoms with Crippen LogP contribution in [0.15, 0.2) is 46.7 Å². The predicted molar refractivity (Wildman–Crippen MR) is 80.2 cm³/mol. The van der Waals surface area contributed by atoms with E-state index in [1.165, 1.54) is 21.7 Å². The van der Waals surface area contributed by atoms with E-state index in [0.29, 0.717) is 17.8 Å². The Labute approximate surface area is 123 Å². The Kier molecular flexibility index (Phi) is 4.93. The number of aliphatic hydroxyl groups is 1. The quantitative estimate of drug-likeness (QED) is 0.889. The van der Waals surface area contributed by atoms with Gasteiger partial charge in [-0.05, 0) is 18.1 Å². The van der Waals surface area contributed by atoms with E-state index >= 15 is 0 Å². The summed E-state index contributed by atoms with van der Waals surface area (Å²) in [6, 6.07) is 11.3. The van der Waals surface area contributed by atoms with Gasteiger partial charge in [0.2, 0.25) is 10.0 Å². The van der Waals surface area contributed by atoms with Crippen molar-refractivity contribution in [2.24, 2.45) is 0 Å². The lowest BCUT2D eigenvalue weighted by molar-refractivity contribution is 0.285. The minimum absolute atomic E-state index is 0.131. The van der Waals surface area contributed by atoms with E-state index in [2.05, 4.69) is 0 Å². The van der Waals surface area contributed by atoms with Crippen LogP contribution in [0.1, 0.15) is 10.4 Å². The Balaban J connectivity index is 2.05. The van der Waals surface area contributed by atoms with Crippen LogP contribution in [0.5, 0.6) is 0 Å². The molecule has 0 radical (unpaired) electrons. The van der Waals surface area contributed by atoms with E-state index in [4.69, 9.17) is 5.11 Å². The molecule has 1 aromatic carbocycles. The molecule has 20 heavy (non-hydrogen) atoms. The van der Waals surface area contributed by atoms with Crippen LogP contribution < -0.4 is 0 Å². The van der Waals surface area contributed by atoms with E-state index in [1.54, 1.807) is 12.4 Å². The second kappa shape index (κ2) is 6.49. The van der Waals surface area contributed by atoms with Gasteiger partial charge in [0.05, 0.1) is 11.5 Å². The van der Waals surface area contributed by atoms with Crippen molar-refractivity contribution in [2.45, 2.75) is 17.9 Å². The molecule has 0 atom stereocenters. The maximum atomic E-state index is 12.3. The molecule has 2 rings (SSSR count). The Bertz CT molecular complexity index is 650. The zero-order valence-corrected chi connectivity index (χ0v) is 12.8. The molecule has 6 heteroatoms. The summed E-state index contributed by atoms with van der Waals surface area (Å²) in [4.78, 5) is 0.905. The average Bonchev–Trinajstić information content (AvgIpc) is 2.95. The number of thiophene rings is 1. The van der Waals surface area contributed by atoms with Crippen molar-refractivity contribution in [1.29, 1.82) is 0 Å². The Morgan fingerprint density at radius 3 is 2.55 bits per heavy atom. The highest BCUT2D eigenvalue weighted by molar-refractivity contribution is 7.89. The number of likely N-dealkylation sites (N-methyl/N-ethyl adjacent to an activating group) is 1. The van der Waals surface area contributed by atoms with Crippen molar-refractivity contribution in [3.05, 3.63) is 52.2 Å². The highest BCUT2D eigenvalue weighted by Gasteiger charge is 2.21. The zero-order chi connectivity index (χ0) is 14.6. The molecule has 108 valence electrons. The summed E-state index contributed by atoms with van der Waals surface area (Å²) in [5.41, 5.74) is 1.11. The fourth-order valence-corrected chi connectivity index (χ4v) is 4.10. The van der Waals surface area contributed by atoms with Crippen molar-refractivity contribution in [2.75, 3.05) is 13.6 Å². The van der Waals surface area contributed by atoms with Gasteiger partial charge < -0.3 is 5.11 Å². The number of sulfonamides is 1. The number of rotatable bonds is 6. The largest absolute Gasteiger partial charge is 0.391 e. The van der Waals surface area contributed by atoms with Crippen LogP contribution in [0.25, 0.3) is 0 Å². The number of hydrogen-bond donors (Lipinski definition) is 1. The van der Waals surface area contributed by atoms with Crippen LogP contribution in [0.4, 0.5) is 0 Å². The molecule has 0 unspecified atom stereocenters. The molecule has 0 aliphatic rings. The summed E-state index contributed by atoms with van der Waals surface area (Å²) in [5.74, 6) is 0. The molecule has 1 aromatic heterocycles. The van der Waals surface area contributed by atoms with Crippen LogP contribution in [0.3, 0.4) is 0 Å². The van der Waals surface area contributed by atoms with Gasteiger partial charge in [-0.25, -0.2) is 12.7 Å². The monoisotopic (exact) mass is 311 g/mol. The first-order valence-electron chi connectivity index (χ1n) is 6.22. The first kappa shape index (κ1) is 15.2. The van der Waals surface area contributed by atoms with Crippen molar-refractivity contribution in [3.8, 4) is 0 Å². The molecule has 0 aliphatic carbocycles. The Morgan fingerprint density at radius 1 is 1.25 bits per heavy atom. The third-order valence-corrected chi connectivity index (χ3v) is 5.96. The van der Waals surface area contributed by atoms with Crippen molar-refractivity contribution in [1.82, 2.24) is 4.31 Å². The van der Waals surface area contributed by atoms with Gasteiger partial charge in [-0.1, -0.05) is 30.3 Å². The lowest BCUT2D eigenvalue weighted by Crippen LogP contribution is -2.28. The maximum absolute atomic E-state index is 12.3. The first-order chi connectivity index (χ1) is 9.54. The van der Waals surface area contributed by atoms with Gasteiger partial charge >= 0.3 is 0 Å². The zero-order valence-electron chi connectivity index (χ0n) is 11.2. The summed E-state index contributed by atoms with van der Waals surface area (Å²) in [6.45, 7) is 0.296. The summed E-state index contributed by atoms with van der Waals surface area (Å²) in [5, 5.41) is 10.6. The van der Waals surface area contributed by atoms with E-state index in [0.717, 1.165) is 5.56 Å². The third-order valence-electron chi connectivity index (χ3n) is 3.05. The van der Waals surface area contributed by atoms with Gasteiger partial charge in [0.15, 0.2) is 0 Å². The molecule has 0 saturated heterocycles. The molecular weight excluding hydrogens is 294 g/mol. The second-order valence-corrected chi connectivity index (χ2v) is 7.51. The fraction of sp³-hybridized carbons (Fsp3) is 0.286. The normalized spacial score (nSPS) is 11.9. The molecule has 2 aromatic rings. The van der Waals surface area contributed by atoms with Gasteiger partial charge in [0, 0.05) is 23.8 Å². The highest BCUT2D eigenvalue weighted by Crippen LogP contribution is 2.22. The van der Waals surface area contributed by atoms with Crippen molar-refractivity contribution < 1.29 is 13.5 Å². The third kappa shape index (κ3) is 3.46. The van der Waals surface area contributed by atoms with Crippen molar-refractivity contribution >= 4 is 21.4 Å². The molecule has 0 amide bonds. The summed E-state index contributed by atoms with van der Waals surface area (Å²) < 4.78 is 26.0. The van der Waals surface area contributed by atoms with E-state index < -0.39 is 10.0 Å². The molecule has 0 bridgehead atoms. The molecule has 0 aliphatic heterocycles. The standard InChI is InChI=1S/C14H17NO3S2/c1-15(8-7-12-5-3-2-4-6-12)20(17,18)14-9-13(10-16)19-11-14/h2-6,9,11,16H,7-8,10H2,1H3. The number of benzene rings is 1. The lowest BCUT2D eigenvalue weighted by Gasteiger charge is -2.16. The van der Waals surface area contributed by atoms with Gasteiger partial charge in [-0.2, -0.15) is 0 Å². The molecule has 0 fully saturated rings. The van der Waals surface area contributed by atoms with Crippen LogP contribution in [-0.2, 0) is 23.1 Å². The first-order valence-corrected chi connectivity index (χ1v) is 8.54. The number of aliphatic hydroxyl groups excluding tert-OH is 1. The Hall–Kier alpha value is -1.21. The van der Waals surface area contributed by atoms with Gasteiger partial charge in [0.1, 0.15) is 0 Å². The van der Waals surface area contributed by atoms with Crippen LogP contribution >= 0.6 is 11.3 Å². The smallest absolute Gasteiger partial charge is 0.243 e. The van der Waals surface area contributed by atoms with Gasteiger partial charge in [-0.3, -0.25) is 0 Å².